The number of aromatic nitrogens is 2. The molecule has 0 radical (unpaired) electrons. The van der Waals surface area contributed by atoms with E-state index in [2.05, 4.69) is 25.9 Å². The average molecular weight is 355 g/mol. The quantitative estimate of drug-likeness (QED) is 0.730. The molecule has 6 nitrogen and oxygen atoms in total. The van der Waals surface area contributed by atoms with Crippen LogP contribution in [0, 0.1) is 0 Å². The largest absolute Gasteiger partial charge is 0.452 e. The number of nitrogens with one attached hydrogen (secondary N) is 1. The van der Waals surface area contributed by atoms with Crippen LogP contribution >= 0.6 is 27.3 Å². The Bertz CT molecular complexity index is 835. The average Bonchev–Trinajstić information content (AvgIpc) is 3.04. The summed E-state index contributed by atoms with van der Waals surface area (Å²) in [6.45, 7) is -0.127. The molecular formula is C12H7BrN2O4S. The molecule has 3 rings (SSSR count). The molecule has 0 aliphatic carbocycles. The molecule has 0 spiro atoms. The van der Waals surface area contributed by atoms with E-state index in [1.165, 1.54) is 17.4 Å². The van der Waals surface area contributed by atoms with Crippen LogP contribution in [0.3, 0.4) is 0 Å². The monoisotopic (exact) mass is 354 g/mol. The van der Waals surface area contributed by atoms with Crippen molar-refractivity contribution in [1.82, 2.24) is 9.97 Å². The number of hydrogen-bond donors (Lipinski definition) is 1. The third-order valence-electron chi connectivity index (χ3n) is 2.48. The number of aromatic amines is 1. The first-order chi connectivity index (χ1) is 9.63. The van der Waals surface area contributed by atoms with Crippen LogP contribution in [-0.2, 0) is 11.3 Å². The van der Waals surface area contributed by atoms with Crippen molar-refractivity contribution in [2.24, 2.45) is 0 Å². The smallest absolute Gasteiger partial charge is 0.374 e. The van der Waals surface area contributed by atoms with Crippen molar-refractivity contribution in [2.45, 2.75) is 6.61 Å². The minimum atomic E-state index is -0.622. The number of fused-ring (bicyclic) bond motifs is 1. The van der Waals surface area contributed by atoms with E-state index in [-0.39, 0.29) is 17.9 Å². The second-order valence-electron chi connectivity index (χ2n) is 3.83. The molecule has 3 heterocycles. The number of esters is 1. The first-order valence-electron chi connectivity index (χ1n) is 5.52. The standard InChI is InChI=1S/C12H7BrN2O4S/c13-8-2-1-7(19-8)12(17)18-5-9-14-6-3-4-20-10(6)11(16)15-9/h1-4H,5H2,(H,14,15,16). The number of hydrogen-bond acceptors (Lipinski definition) is 6. The van der Waals surface area contributed by atoms with E-state index in [0.717, 1.165) is 0 Å². The molecule has 0 aliphatic rings. The maximum Gasteiger partial charge on any atom is 0.374 e. The highest BCUT2D eigenvalue weighted by Crippen LogP contribution is 2.16. The third-order valence-corrected chi connectivity index (χ3v) is 3.81. The second-order valence-corrected chi connectivity index (χ2v) is 5.53. The van der Waals surface area contributed by atoms with Gasteiger partial charge in [-0.3, -0.25) is 4.79 Å². The summed E-state index contributed by atoms with van der Waals surface area (Å²) >= 11 is 4.41. The van der Waals surface area contributed by atoms with Crippen LogP contribution in [0.2, 0.25) is 0 Å². The van der Waals surface area contributed by atoms with Crippen molar-refractivity contribution in [2.75, 3.05) is 0 Å². The molecule has 8 heteroatoms. The van der Waals surface area contributed by atoms with Crippen LogP contribution in [0.1, 0.15) is 16.4 Å². The number of nitrogens with zero attached hydrogens (tertiary/aromatic N) is 1. The SMILES string of the molecule is O=C(OCc1nc2ccsc2c(=O)[nH]1)c1ccc(Br)o1. The van der Waals surface area contributed by atoms with Crippen molar-refractivity contribution < 1.29 is 13.9 Å². The maximum absolute atomic E-state index is 11.7. The zero-order valence-electron chi connectivity index (χ0n) is 9.88. The fourth-order valence-electron chi connectivity index (χ4n) is 1.62. The summed E-state index contributed by atoms with van der Waals surface area (Å²) in [6, 6.07) is 4.82. The van der Waals surface area contributed by atoms with Crippen molar-refractivity contribution in [3.8, 4) is 0 Å². The summed E-state index contributed by atoms with van der Waals surface area (Å²) in [7, 11) is 0. The van der Waals surface area contributed by atoms with Crippen LogP contribution < -0.4 is 5.56 Å². The zero-order valence-corrected chi connectivity index (χ0v) is 12.3. The Hall–Kier alpha value is -1.93. The predicted octanol–water partition coefficient (Wildman–Crippen LogP) is 2.70. The van der Waals surface area contributed by atoms with Gasteiger partial charge in [0.05, 0.1) is 5.52 Å². The molecule has 1 N–H and O–H groups in total. The van der Waals surface area contributed by atoms with E-state index in [1.54, 1.807) is 17.5 Å². The lowest BCUT2D eigenvalue weighted by Gasteiger charge is -2.02. The van der Waals surface area contributed by atoms with Gasteiger partial charge in [0.15, 0.2) is 4.67 Å². The molecule has 0 aliphatic heterocycles. The van der Waals surface area contributed by atoms with Gasteiger partial charge in [-0.05, 0) is 39.5 Å². The molecule has 0 amide bonds. The summed E-state index contributed by atoms with van der Waals surface area (Å²) in [5, 5.41) is 1.78. The van der Waals surface area contributed by atoms with E-state index < -0.39 is 5.97 Å². The van der Waals surface area contributed by atoms with Gasteiger partial charge in [0, 0.05) is 0 Å². The predicted molar refractivity (Wildman–Crippen MR) is 75.8 cm³/mol. The Kier molecular flexibility index (Phi) is 3.41. The fraction of sp³-hybridized carbons (Fsp3) is 0.0833. The summed E-state index contributed by atoms with van der Waals surface area (Å²) < 4.78 is 11.1. The number of carbonyl (C=O) groups excluding carboxylic acids is 1. The van der Waals surface area contributed by atoms with Crippen LogP contribution in [0.5, 0.6) is 0 Å². The van der Waals surface area contributed by atoms with Crippen molar-refractivity contribution in [1.29, 1.82) is 0 Å². The van der Waals surface area contributed by atoms with Gasteiger partial charge < -0.3 is 14.1 Å². The van der Waals surface area contributed by atoms with Crippen molar-refractivity contribution >= 4 is 43.5 Å². The Morgan fingerprint density at radius 3 is 3.05 bits per heavy atom. The Balaban J connectivity index is 1.76. The molecule has 3 aromatic heterocycles. The minimum Gasteiger partial charge on any atom is -0.452 e. The fourth-order valence-corrected chi connectivity index (χ4v) is 2.65. The van der Waals surface area contributed by atoms with Gasteiger partial charge in [0.25, 0.3) is 5.56 Å². The van der Waals surface area contributed by atoms with Crippen LogP contribution in [0.15, 0.2) is 37.5 Å². The molecule has 3 aromatic rings. The van der Waals surface area contributed by atoms with Crippen molar-refractivity contribution in [3.05, 3.63) is 50.2 Å². The first kappa shape index (κ1) is 13.1. The minimum absolute atomic E-state index is 0.0795. The summed E-state index contributed by atoms with van der Waals surface area (Å²) in [5.41, 5.74) is 0.349. The molecular weight excluding hydrogens is 348 g/mol. The number of furan rings is 1. The lowest BCUT2D eigenvalue weighted by atomic mass is 10.4. The lowest BCUT2D eigenvalue weighted by molar-refractivity contribution is 0.0424. The molecule has 0 aromatic carbocycles. The molecule has 0 saturated heterocycles. The molecule has 0 fully saturated rings. The molecule has 0 bridgehead atoms. The second kappa shape index (κ2) is 5.22. The molecule has 102 valence electrons. The van der Waals surface area contributed by atoms with Gasteiger partial charge in [0.2, 0.25) is 5.76 Å². The third kappa shape index (κ3) is 2.52. The normalized spacial score (nSPS) is 10.8. The van der Waals surface area contributed by atoms with Gasteiger partial charge in [0.1, 0.15) is 17.1 Å². The van der Waals surface area contributed by atoms with E-state index in [4.69, 9.17) is 9.15 Å². The highest BCUT2D eigenvalue weighted by molar-refractivity contribution is 9.10. The first-order valence-corrected chi connectivity index (χ1v) is 7.19. The van der Waals surface area contributed by atoms with Gasteiger partial charge in [-0.25, -0.2) is 9.78 Å². The van der Waals surface area contributed by atoms with E-state index in [9.17, 15) is 9.59 Å². The summed E-state index contributed by atoms with van der Waals surface area (Å²) in [5.74, 6) is -0.250. The zero-order chi connectivity index (χ0) is 14.1. The number of carbonyl (C=O) groups is 1. The highest BCUT2D eigenvalue weighted by Gasteiger charge is 2.13. The van der Waals surface area contributed by atoms with Crippen LogP contribution in [0.25, 0.3) is 10.2 Å². The maximum atomic E-state index is 11.7. The summed E-state index contributed by atoms with van der Waals surface area (Å²) in [4.78, 5) is 30.2. The number of halogens is 1. The molecule has 0 atom stereocenters. The lowest BCUT2D eigenvalue weighted by Crippen LogP contribution is -2.13. The number of ether oxygens (including phenoxy) is 1. The van der Waals surface area contributed by atoms with Gasteiger partial charge in [-0.15, -0.1) is 11.3 Å². The Morgan fingerprint density at radius 1 is 1.45 bits per heavy atom. The van der Waals surface area contributed by atoms with E-state index in [1.807, 2.05) is 0 Å². The van der Waals surface area contributed by atoms with Gasteiger partial charge >= 0.3 is 5.97 Å². The molecule has 0 saturated carbocycles. The number of H-pyrrole nitrogens is 1. The molecule has 20 heavy (non-hydrogen) atoms. The topological polar surface area (TPSA) is 85.2 Å². The van der Waals surface area contributed by atoms with Crippen LogP contribution in [-0.4, -0.2) is 15.9 Å². The van der Waals surface area contributed by atoms with Gasteiger partial charge in [-0.1, -0.05) is 0 Å². The van der Waals surface area contributed by atoms with E-state index >= 15 is 0 Å². The summed E-state index contributed by atoms with van der Waals surface area (Å²) in [6.07, 6.45) is 0. The van der Waals surface area contributed by atoms with Crippen LogP contribution in [0.4, 0.5) is 0 Å². The highest BCUT2D eigenvalue weighted by atomic mass is 79.9. The molecule has 0 unspecified atom stereocenters. The number of rotatable bonds is 3. The van der Waals surface area contributed by atoms with E-state index in [0.29, 0.717) is 20.7 Å². The van der Waals surface area contributed by atoms with Crippen molar-refractivity contribution in [3.63, 3.8) is 0 Å². The Morgan fingerprint density at radius 2 is 2.30 bits per heavy atom. The van der Waals surface area contributed by atoms with Gasteiger partial charge in [-0.2, -0.15) is 0 Å². The number of thiophene rings is 1. The Labute approximate surface area is 124 Å².